The quantitative estimate of drug-likeness (QED) is 0.739. The molecule has 27 heavy (non-hydrogen) atoms. The number of nitrogens with one attached hydrogen (secondary N) is 1. The molecule has 1 saturated heterocycles. The maximum Gasteiger partial charge on any atom is 0.221 e. The van der Waals surface area contributed by atoms with Gasteiger partial charge in [0.15, 0.2) is 0 Å². The second-order valence-electron chi connectivity index (χ2n) is 6.61. The highest BCUT2D eigenvalue weighted by molar-refractivity contribution is 7.99. The summed E-state index contributed by atoms with van der Waals surface area (Å²) in [5.41, 5.74) is 1.04. The molecule has 2 aromatic rings. The SMILES string of the molecule is CN1CCN(c2ncccc2CNC(=O)CCSc2ccc(F)cc2)CC1. The highest BCUT2D eigenvalue weighted by Crippen LogP contribution is 2.20. The van der Waals surface area contributed by atoms with E-state index in [1.54, 1.807) is 30.1 Å². The van der Waals surface area contributed by atoms with Crippen LogP contribution in [0, 0.1) is 5.82 Å². The van der Waals surface area contributed by atoms with E-state index in [0.717, 1.165) is 42.5 Å². The van der Waals surface area contributed by atoms with Crippen LogP contribution in [0.25, 0.3) is 0 Å². The molecule has 7 heteroatoms. The maximum atomic E-state index is 12.9. The first-order chi connectivity index (χ1) is 13.1. The Morgan fingerprint density at radius 2 is 1.93 bits per heavy atom. The van der Waals surface area contributed by atoms with Gasteiger partial charge in [-0.1, -0.05) is 6.07 Å². The number of pyridine rings is 1. The van der Waals surface area contributed by atoms with Crippen LogP contribution in [0.2, 0.25) is 0 Å². The number of carbonyl (C=O) groups is 1. The number of hydrogen-bond acceptors (Lipinski definition) is 5. The van der Waals surface area contributed by atoms with Crippen molar-refractivity contribution in [3.05, 3.63) is 54.0 Å². The van der Waals surface area contributed by atoms with Crippen LogP contribution in [0.15, 0.2) is 47.5 Å². The van der Waals surface area contributed by atoms with Crippen LogP contribution in [0.3, 0.4) is 0 Å². The maximum absolute atomic E-state index is 12.9. The van der Waals surface area contributed by atoms with E-state index in [0.29, 0.717) is 18.7 Å². The number of nitrogens with zero attached hydrogens (tertiary/aromatic N) is 3. The van der Waals surface area contributed by atoms with Crippen molar-refractivity contribution >= 4 is 23.5 Å². The minimum absolute atomic E-state index is 0.0118. The molecule has 0 unspecified atom stereocenters. The molecule has 1 aromatic heterocycles. The van der Waals surface area contributed by atoms with Crippen molar-refractivity contribution in [1.29, 1.82) is 0 Å². The summed E-state index contributed by atoms with van der Waals surface area (Å²) in [5.74, 6) is 1.39. The lowest BCUT2D eigenvalue weighted by Crippen LogP contribution is -2.45. The first-order valence-electron chi connectivity index (χ1n) is 9.14. The summed E-state index contributed by atoms with van der Waals surface area (Å²) >= 11 is 1.55. The second kappa shape index (κ2) is 9.71. The van der Waals surface area contributed by atoms with Gasteiger partial charge in [-0.25, -0.2) is 9.37 Å². The molecular formula is C20H25FN4OS. The number of aromatic nitrogens is 1. The van der Waals surface area contributed by atoms with E-state index < -0.39 is 0 Å². The lowest BCUT2D eigenvalue weighted by molar-refractivity contribution is -0.120. The van der Waals surface area contributed by atoms with Crippen molar-refractivity contribution in [3.63, 3.8) is 0 Å². The molecule has 1 fully saturated rings. The van der Waals surface area contributed by atoms with E-state index in [1.807, 2.05) is 12.1 Å². The lowest BCUT2D eigenvalue weighted by Gasteiger charge is -2.34. The van der Waals surface area contributed by atoms with E-state index in [4.69, 9.17) is 0 Å². The molecule has 0 saturated carbocycles. The molecule has 0 atom stereocenters. The van der Waals surface area contributed by atoms with Crippen LogP contribution in [0.4, 0.5) is 10.2 Å². The van der Waals surface area contributed by atoms with E-state index in [2.05, 4.69) is 27.1 Å². The Morgan fingerprint density at radius 1 is 1.19 bits per heavy atom. The Balaban J connectivity index is 1.46. The molecule has 3 rings (SSSR count). The molecule has 1 aromatic carbocycles. The predicted molar refractivity (Wildman–Crippen MR) is 108 cm³/mol. The zero-order chi connectivity index (χ0) is 19.1. The van der Waals surface area contributed by atoms with E-state index >= 15 is 0 Å². The number of piperazine rings is 1. The number of amides is 1. The van der Waals surface area contributed by atoms with Gasteiger partial charge in [0.2, 0.25) is 5.91 Å². The molecule has 144 valence electrons. The van der Waals surface area contributed by atoms with Gasteiger partial charge in [0.05, 0.1) is 0 Å². The fourth-order valence-corrected chi connectivity index (χ4v) is 3.80. The smallest absolute Gasteiger partial charge is 0.221 e. The average molecular weight is 389 g/mol. The zero-order valence-electron chi connectivity index (χ0n) is 15.5. The molecule has 5 nitrogen and oxygen atoms in total. The Hall–Kier alpha value is -2.12. The topological polar surface area (TPSA) is 48.5 Å². The number of carbonyl (C=O) groups excluding carboxylic acids is 1. The Bertz CT molecular complexity index is 748. The minimum atomic E-state index is -0.246. The number of halogens is 1. The summed E-state index contributed by atoms with van der Waals surface area (Å²) < 4.78 is 12.9. The number of benzene rings is 1. The van der Waals surface area contributed by atoms with Gasteiger partial charge in [-0.05, 0) is 37.4 Å². The third-order valence-electron chi connectivity index (χ3n) is 4.56. The van der Waals surface area contributed by atoms with Crippen molar-refractivity contribution in [2.75, 3.05) is 43.9 Å². The Kier molecular flexibility index (Phi) is 7.06. The van der Waals surface area contributed by atoms with Crippen LogP contribution in [0.5, 0.6) is 0 Å². The van der Waals surface area contributed by atoms with Gasteiger partial charge < -0.3 is 15.1 Å². The van der Waals surface area contributed by atoms with Crippen LogP contribution in [-0.4, -0.2) is 54.8 Å². The molecule has 2 heterocycles. The van der Waals surface area contributed by atoms with Gasteiger partial charge in [0, 0.05) is 61.6 Å². The number of anilines is 1. The highest BCUT2D eigenvalue weighted by atomic mass is 32.2. The lowest BCUT2D eigenvalue weighted by atomic mass is 10.2. The Labute approximate surface area is 164 Å². The molecule has 1 N–H and O–H groups in total. The van der Waals surface area contributed by atoms with Crippen molar-refractivity contribution in [3.8, 4) is 0 Å². The summed E-state index contributed by atoms with van der Waals surface area (Å²) in [4.78, 5) is 22.3. The molecule has 0 bridgehead atoms. The van der Waals surface area contributed by atoms with Crippen molar-refractivity contribution in [2.45, 2.75) is 17.9 Å². The molecule has 1 aliphatic heterocycles. The Morgan fingerprint density at radius 3 is 2.67 bits per heavy atom. The third kappa shape index (κ3) is 5.94. The standard InChI is InChI=1S/C20H25FN4OS/c1-24-10-12-25(13-11-24)20-16(3-2-9-22-20)15-23-19(26)8-14-27-18-6-4-17(21)5-7-18/h2-7,9H,8,10-15H2,1H3,(H,23,26). The van der Waals surface area contributed by atoms with Gasteiger partial charge in [-0.3, -0.25) is 4.79 Å². The summed E-state index contributed by atoms with van der Waals surface area (Å²) in [6.45, 7) is 4.41. The first-order valence-corrected chi connectivity index (χ1v) is 10.1. The van der Waals surface area contributed by atoms with Gasteiger partial charge in [-0.2, -0.15) is 0 Å². The summed E-state index contributed by atoms with van der Waals surface area (Å²) in [5, 5.41) is 2.99. The molecule has 1 amide bonds. The number of hydrogen-bond donors (Lipinski definition) is 1. The number of thioether (sulfide) groups is 1. The monoisotopic (exact) mass is 388 g/mol. The van der Waals surface area contributed by atoms with Crippen molar-refractivity contribution in [2.24, 2.45) is 0 Å². The van der Waals surface area contributed by atoms with Crippen molar-refractivity contribution < 1.29 is 9.18 Å². The molecule has 0 spiro atoms. The third-order valence-corrected chi connectivity index (χ3v) is 5.57. The summed E-state index contributed by atoms with van der Waals surface area (Å²) in [6.07, 6.45) is 2.23. The van der Waals surface area contributed by atoms with Crippen molar-refractivity contribution in [1.82, 2.24) is 15.2 Å². The van der Waals surface area contributed by atoms with Gasteiger partial charge >= 0.3 is 0 Å². The van der Waals surface area contributed by atoms with Crippen LogP contribution >= 0.6 is 11.8 Å². The normalized spacial score (nSPS) is 15.0. The summed E-state index contributed by atoms with van der Waals surface area (Å²) in [7, 11) is 2.13. The molecule has 0 aliphatic carbocycles. The predicted octanol–water partition coefficient (Wildman–Crippen LogP) is 2.77. The molecular weight excluding hydrogens is 363 g/mol. The first kappa shape index (κ1) is 19.6. The van der Waals surface area contributed by atoms with Gasteiger partial charge in [0.1, 0.15) is 11.6 Å². The molecule has 0 radical (unpaired) electrons. The summed E-state index contributed by atoms with van der Waals surface area (Å²) in [6, 6.07) is 10.3. The average Bonchev–Trinajstić information content (AvgIpc) is 2.69. The number of likely N-dealkylation sites (N-methyl/N-ethyl adjacent to an activating group) is 1. The highest BCUT2D eigenvalue weighted by Gasteiger charge is 2.18. The van der Waals surface area contributed by atoms with E-state index in [1.165, 1.54) is 12.1 Å². The van der Waals surface area contributed by atoms with Crippen LogP contribution < -0.4 is 10.2 Å². The fraction of sp³-hybridized carbons (Fsp3) is 0.400. The van der Waals surface area contributed by atoms with Gasteiger partial charge in [0.25, 0.3) is 0 Å². The zero-order valence-corrected chi connectivity index (χ0v) is 16.3. The molecule has 1 aliphatic rings. The largest absolute Gasteiger partial charge is 0.354 e. The van der Waals surface area contributed by atoms with Crippen LogP contribution in [0.1, 0.15) is 12.0 Å². The van der Waals surface area contributed by atoms with E-state index in [9.17, 15) is 9.18 Å². The van der Waals surface area contributed by atoms with Crippen LogP contribution in [-0.2, 0) is 11.3 Å². The minimum Gasteiger partial charge on any atom is -0.354 e. The van der Waals surface area contributed by atoms with Gasteiger partial charge in [-0.15, -0.1) is 11.8 Å². The van der Waals surface area contributed by atoms with E-state index in [-0.39, 0.29) is 11.7 Å². The second-order valence-corrected chi connectivity index (χ2v) is 7.77. The fourth-order valence-electron chi connectivity index (χ4n) is 2.95. The number of rotatable bonds is 7.